The third kappa shape index (κ3) is 8.11. The van der Waals surface area contributed by atoms with Crippen LogP contribution in [0.1, 0.15) is 64.2 Å². The summed E-state index contributed by atoms with van der Waals surface area (Å²) in [6, 6.07) is 6.23. The van der Waals surface area contributed by atoms with Crippen LogP contribution in [0.2, 0.25) is 5.02 Å². The predicted molar refractivity (Wildman–Crippen MR) is 116 cm³/mol. The Morgan fingerprint density at radius 1 is 1.17 bits per heavy atom. The topological polar surface area (TPSA) is 72.5 Å². The van der Waals surface area contributed by atoms with Gasteiger partial charge in [0.05, 0.1) is 12.0 Å². The Kier molecular flexibility index (Phi) is 9.66. The zero-order chi connectivity index (χ0) is 21.2. The molecule has 7 heteroatoms. The number of carbonyl (C=O) groups is 1. The molecule has 2 rings (SSSR count). The average molecular weight is 442 g/mol. The number of hydrogen-bond acceptors (Lipinski definition) is 4. The molecule has 1 saturated carbocycles. The highest BCUT2D eigenvalue weighted by atomic mass is 35.5. The predicted octanol–water partition coefficient (Wildman–Crippen LogP) is 5.25. The molecule has 0 aromatic heterocycles. The first kappa shape index (κ1) is 23.9. The first-order chi connectivity index (χ1) is 13.9. The number of rotatable bonds is 11. The van der Waals surface area contributed by atoms with Gasteiger partial charge in [0.25, 0.3) is 0 Å². The van der Waals surface area contributed by atoms with E-state index >= 15 is 0 Å². The van der Waals surface area contributed by atoms with Crippen molar-refractivity contribution < 1.29 is 17.9 Å². The zero-order valence-electron chi connectivity index (χ0n) is 17.2. The van der Waals surface area contributed by atoms with Gasteiger partial charge in [-0.2, -0.15) is 0 Å². The van der Waals surface area contributed by atoms with Crippen molar-refractivity contribution in [3.05, 3.63) is 41.4 Å². The number of carbonyl (C=O) groups excluding carboxylic acids is 1. The largest absolute Gasteiger partial charge is 0.469 e. The smallest absolute Gasteiger partial charge is 0.305 e. The quantitative estimate of drug-likeness (QED) is 0.289. The minimum Gasteiger partial charge on any atom is -0.469 e. The number of methoxy groups -OCH3 is 1. The van der Waals surface area contributed by atoms with Crippen LogP contribution in [0.5, 0.6) is 0 Å². The van der Waals surface area contributed by atoms with E-state index in [0.717, 1.165) is 38.5 Å². The Morgan fingerprint density at radius 3 is 2.52 bits per heavy atom. The van der Waals surface area contributed by atoms with Gasteiger partial charge >= 0.3 is 5.97 Å². The van der Waals surface area contributed by atoms with E-state index < -0.39 is 10.0 Å². The number of halogens is 1. The molecule has 1 aliphatic carbocycles. The van der Waals surface area contributed by atoms with Gasteiger partial charge < -0.3 is 4.74 Å². The SMILES string of the molecule is COC(=O)CCCC=CCC1(CCNS(=O)(=O)c2ccc(Cl)cc2)CCCCC1. The number of esters is 1. The number of unbranched alkanes of at least 4 members (excludes halogenated alkanes) is 1. The molecular weight excluding hydrogens is 410 g/mol. The van der Waals surface area contributed by atoms with Crippen molar-refractivity contribution in [3.8, 4) is 0 Å². The summed E-state index contributed by atoms with van der Waals surface area (Å²) >= 11 is 5.84. The molecule has 1 fully saturated rings. The van der Waals surface area contributed by atoms with Crippen molar-refractivity contribution >= 4 is 27.6 Å². The van der Waals surface area contributed by atoms with Crippen LogP contribution < -0.4 is 4.72 Å². The van der Waals surface area contributed by atoms with Crippen LogP contribution in [0, 0.1) is 5.41 Å². The second-order valence-electron chi connectivity index (χ2n) is 7.81. The molecule has 1 N–H and O–H groups in total. The lowest BCUT2D eigenvalue weighted by molar-refractivity contribution is -0.140. The van der Waals surface area contributed by atoms with E-state index in [0.29, 0.717) is 18.0 Å². The Balaban J connectivity index is 1.86. The van der Waals surface area contributed by atoms with Crippen LogP contribution >= 0.6 is 11.6 Å². The second-order valence-corrected chi connectivity index (χ2v) is 10.0. The van der Waals surface area contributed by atoms with Gasteiger partial charge in [0, 0.05) is 18.0 Å². The second kappa shape index (κ2) is 11.7. The molecule has 1 aromatic rings. The maximum absolute atomic E-state index is 12.5. The van der Waals surface area contributed by atoms with Crippen LogP contribution in [0.3, 0.4) is 0 Å². The molecule has 1 aromatic carbocycles. The van der Waals surface area contributed by atoms with E-state index in [9.17, 15) is 13.2 Å². The number of hydrogen-bond donors (Lipinski definition) is 1. The summed E-state index contributed by atoms with van der Waals surface area (Å²) in [5.41, 5.74) is 0.152. The molecule has 1 aliphatic rings. The fraction of sp³-hybridized carbons (Fsp3) is 0.591. The molecule has 0 aliphatic heterocycles. The van der Waals surface area contributed by atoms with Gasteiger partial charge in [-0.3, -0.25) is 4.79 Å². The highest BCUT2D eigenvalue weighted by Crippen LogP contribution is 2.42. The number of benzene rings is 1. The summed E-state index contributed by atoms with van der Waals surface area (Å²) in [4.78, 5) is 11.4. The van der Waals surface area contributed by atoms with Gasteiger partial charge in [-0.1, -0.05) is 43.0 Å². The van der Waals surface area contributed by atoms with Gasteiger partial charge in [0.1, 0.15) is 0 Å². The molecule has 0 spiro atoms. The monoisotopic (exact) mass is 441 g/mol. The van der Waals surface area contributed by atoms with Crippen molar-refractivity contribution in [3.63, 3.8) is 0 Å². The first-order valence-electron chi connectivity index (χ1n) is 10.3. The Hall–Kier alpha value is -1.37. The molecule has 5 nitrogen and oxygen atoms in total. The zero-order valence-corrected chi connectivity index (χ0v) is 18.7. The number of nitrogens with one attached hydrogen (secondary N) is 1. The van der Waals surface area contributed by atoms with Gasteiger partial charge in [-0.05, 0) is 68.2 Å². The molecule has 0 bridgehead atoms. The maximum atomic E-state index is 12.5. The summed E-state index contributed by atoms with van der Waals surface area (Å²) < 4.78 is 32.4. The van der Waals surface area contributed by atoms with Crippen LogP contribution in [-0.4, -0.2) is 28.0 Å². The lowest BCUT2D eigenvalue weighted by Crippen LogP contribution is -2.32. The minimum atomic E-state index is -3.52. The van der Waals surface area contributed by atoms with Gasteiger partial charge in [0.15, 0.2) is 0 Å². The Bertz CT molecular complexity index is 769. The molecular formula is C22H32ClNO4S. The highest BCUT2D eigenvalue weighted by Gasteiger charge is 2.30. The van der Waals surface area contributed by atoms with Crippen molar-refractivity contribution in [2.45, 2.75) is 69.1 Å². The first-order valence-corrected chi connectivity index (χ1v) is 12.2. The third-order valence-corrected chi connectivity index (χ3v) is 7.41. The molecule has 29 heavy (non-hydrogen) atoms. The molecule has 0 amide bonds. The average Bonchev–Trinajstić information content (AvgIpc) is 2.71. The van der Waals surface area contributed by atoms with Gasteiger partial charge in [-0.25, -0.2) is 13.1 Å². The van der Waals surface area contributed by atoms with Crippen molar-refractivity contribution in [2.75, 3.05) is 13.7 Å². The van der Waals surface area contributed by atoms with Crippen LogP contribution in [-0.2, 0) is 19.6 Å². The fourth-order valence-corrected chi connectivity index (χ4v) is 5.08. The van der Waals surface area contributed by atoms with Gasteiger partial charge in [-0.15, -0.1) is 0 Å². The number of ether oxygens (including phenoxy) is 1. The van der Waals surface area contributed by atoms with E-state index in [1.54, 1.807) is 12.1 Å². The summed E-state index contributed by atoms with van der Waals surface area (Å²) in [6.45, 7) is 0.432. The van der Waals surface area contributed by atoms with Crippen molar-refractivity contribution in [1.82, 2.24) is 4.72 Å². The minimum absolute atomic E-state index is 0.152. The normalized spacial score (nSPS) is 16.8. The lowest BCUT2D eigenvalue weighted by Gasteiger charge is -2.37. The molecule has 0 heterocycles. The molecule has 162 valence electrons. The highest BCUT2D eigenvalue weighted by molar-refractivity contribution is 7.89. The van der Waals surface area contributed by atoms with E-state index in [2.05, 4.69) is 21.6 Å². The van der Waals surface area contributed by atoms with E-state index in [-0.39, 0.29) is 16.3 Å². The van der Waals surface area contributed by atoms with Crippen LogP contribution in [0.25, 0.3) is 0 Å². The van der Waals surface area contributed by atoms with Crippen molar-refractivity contribution in [2.24, 2.45) is 5.41 Å². The number of allylic oxidation sites excluding steroid dienone is 2. The van der Waals surface area contributed by atoms with Crippen molar-refractivity contribution in [1.29, 1.82) is 0 Å². The number of sulfonamides is 1. The standard InChI is InChI=1S/C22H32ClNO4S/c1-28-21(25)9-5-2-3-6-14-22(15-7-4-8-16-22)17-18-24-29(26,27)20-12-10-19(23)11-13-20/h3,6,10-13,24H,2,4-5,7-9,14-18H2,1H3. The van der Waals surface area contributed by atoms with E-state index in [1.165, 1.54) is 38.5 Å². The summed E-state index contributed by atoms with van der Waals surface area (Å²) in [6.07, 6.45) is 14.1. The van der Waals surface area contributed by atoms with E-state index in [4.69, 9.17) is 11.6 Å². The molecule has 0 saturated heterocycles. The van der Waals surface area contributed by atoms with Crippen LogP contribution in [0.4, 0.5) is 0 Å². The van der Waals surface area contributed by atoms with Crippen LogP contribution in [0.15, 0.2) is 41.3 Å². The fourth-order valence-electron chi connectivity index (χ4n) is 3.92. The molecule has 0 atom stereocenters. The summed E-state index contributed by atoms with van der Waals surface area (Å²) in [5.74, 6) is -0.171. The Labute approximate surface area is 179 Å². The van der Waals surface area contributed by atoms with E-state index in [1.807, 2.05) is 0 Å². The molecule has 0 radical (unpaired) electrons. The maximum Gasteiger partial charge on any atom is 0.305 e. The Morgan fingerprint density at radius 2 is 1.86 bits per heavy atom. The van der Waals surface area contributed by atoms with Gasteiger partial charge in [0.2, 0.25) is 10.0 Å². The molecule has 0 unspecified atom stereocenters. The summed E-state index contributed by atoms with van der Waals surface area (Å²) in [7, 11) is -2.11. The third-order valence-electron chi connectivity index (χ3n) is 5.68. The lowest BCUT2D eigenvalue weighted by atomic mass is 9.69. The summed E-state index contributed by atoms with van der Waals surface area (Å²) in [5, 5.41) is 0.517.